The molecule has 112 valence electrons. The van der Waals surface area contributed by atoms with Gasteiger partial charge in [-0.3, -0.25) is 4.90 Å². The van der Waals surface area contributed by atoms with Gasteiger partial charge in [-0.15, -0.1) is 0 Å². The number of imidazole rings is 1. The van der Waals surface area contributed by atoms with E-state index in [-0.39, 0.29) is 0 Å². The fourth-order valence-corrected chi connectivity index (χ4v) is 3.17. The van der Waals surface area contributed by atoms with Gasteiger partial charge in [0.15, 0.2) is 0 Å². The summed E-state index contributed by atoms with van der Waals surface area (Å²) in [7, 11) is 0. The molecule has 0 unspecified atom stereocenters. The van der Waals surface area contributed by atoms with Gasteiger partial charge in [0.25, 0.3) is 0 Å². The summed E-state index contributed by atoms with van der Waals surface area (Å²) in [6.45, 7) is 2.97. The summed E-state index contributed by atoms with van der Waals surface area (Å²) in [6, 6.07) is 13.8. The minimum absolute atomic E-state index is 0.338. The van der Waals surface area contributed by atoms with Gasteiger partial charge in [-0.25, -0.2) is 4.98 Å². The Hall–Kier alpha value is -2.33. The van der Waals surface area contributed by atoms with Crippen molar-refractivity contribution >= 4 is 11.0 Å². The van der Waals surface area contributed by atoms with Crippen LogP contribution in [0.2, 0.25) is 0 Å². The first-order valence-electron chi connectivity index (χ1n) is 7.79. The lowest BCUT2D eigenvalue weighted by atomic mass is 10.1. The molecule has 2 heterocycles. The van der Waals surface area contributed by atoms with E-state index in [1.54, 1.807) is 6.07 Å². The van der Waals surface area contributed by atoms with Crippen LogP contribution in [0.25, 0.3) is 22.4 Å². The highest BCUT2D eigenvalue weighted by atomic mass is 16.3. The van der Waals surface area contributed by atoms with Crippen LogP contribution in [-0.2, 0) is 6.54 Å². The van der Waals surface area contributed by atoms with Gasteiger partial charge >= 0.3 is 0 Å². The monoisotopic (exact) mass is 293 g/mol. The topological polar surface area (TPSA) is 52.1 Å². The van der Waals surface area contributed by atoms with Gasteiger partial charge in [0.05, 0.1) is 11.0 Å². The number of aromatic hydroxyl groups is 1. The molecule has 4 nitrogen and oxygen atoms in total. The molecule has 2 aromatic carbocycles. The Morgan fingerprint density at radius 1 is 1.05 bits per heavy atom. The van der Waals surface area contributed by atoms with Crippen molar-refractivity contribution < 1.29 is 5.11 Å². The number of phenols is 1. The average Bonchev–Trinajstić information content (AvgIpc) is 3.20. The zero-order valence-corrected chi connectivity index (χ0v) is 12.4. The largest absolute Gasteiger partial charge is 0.508 e. The first kappa shape index (κ1) is 13.3. The number of aromatic nitrogens is 2. The van der Waals surface area contributed by atoms with E-state index in [1.165, 1.54) is 12.8 Å². The highest BCUT2D eigenvalue weighted by molar-refractivity contribution is 5.84. The predicted octanol–water partition coefficient (Wildman–Crippen LogP) is 3.53. The van der Waals surface area contributed by atoms with Crippen LogP contribution in [0.15, 0.2) is 42.5 Å². The highest BCUT2D eigenvalue weighted by Crippen LogP contribution is 2.30. The standard InChI is InChI=1S/C18H19N3O/c22-16-9-8-15-17(14(16)12-21-10-4-5-11-21)20-18(19-15)13-6-2-1-3-7-13/h1-3,6-9,22H,4-5,10-12H2,(H,19,20). The minimum Gasteiger partial charge on any atom is -0.508 e. The normalized spacial score (nSPS) is 15.6. The first-order chi connectivity index (χ1) is 10.8. The third-order valence-corrected chi connectivity index (χ3v) is 4.36. The lowest BCUT2D eigenvalue weighted by Crippen LogP contribution is -2.18. The second-order valence-electron chi connectivity index (χ2n) is 5.89. The van der Waals surface area contributed by atoms with Crippen molar-refractivity contribution in [2.75, 3.05) is 13.1 Å². The molecule has 1 saturated heterocycles. The minimum atomic E-state index is 0.338. The van der Waals surface area contributed by atoms with E-state index in [2.05, 4.69) is 9.88 Å². The molecule has 3 aromatic rings. The number of fused-ring (bicyclic) bond motifs is 1. The lowest BCUT2D eigenvalue weighted by Gasteiger charge is -2.15. The smallest absolute Gasteiger partial charge is 0.138 e. The number of hydrogen-bond acceptors (Lipinski definition) is 3. The van der Waals surface area contributed by atoms with Crippen LogP contribution >= 0.6 is 0 Å². The third kappa shape index (κ3) is 2.35. The lowest BCUT2D eigenvalue weighted by molar-refractivity contribution is 0.325. The number of hydrogen-bond donors (Lipinski definition) is 2. The fourth-order valence-electron chi connectivity index (χ4n) is 3.17. The van der Waals surface area contributed by atoms with Gasteiger partial charge in [-0.2, -0.15) is 0 Å². The summed E-state index contributed by atoms with van der Waals surface area (Å²) in [5.74, 6) is 1.19. The summed E-state index contributed by atoms with van der Waals surface area (Å²) in [5.41, 5.74) is 3.85. The van der Waals surface area contributed by atoms with E-state index >= 15 is 0 Å². The number of aromatic amines is 1. The Morgan fingerprint density at radius 3 is 2.59 bits per heavy atom. The van der Waals surface area contributed by atoms with Crippen molar-refractivity contribution in [3.63, 3.8) is 0 Å². The molecular formula is C18H19N3O. The Bertz CT molecular complexity index is 789. The second kappa shape index (κ2) is 5.46. The Labute approximate surface area is 129 Å². The maximum absolute atomic E-state index is 10.3. The van der Waals surface area contributed by atoms with Gasteiger partial charge in [-0.1, -0.05) is 30.3 Å². The number of nitrogens with zero attached hydrogens (tertiary/aromatic N) is 2. The molecular weight excluding hydrogens is 274 g/mol. The maximum atomic E-state index is 10.3. The summed E-state index contributed by atoms with van der Waals surface area (Å²) < 4.78 is 0. The van der Waals surface area contributed by atoms with E-state index in [0.29, 0.717) is 5.75 Å². The van der Waals surface area contributed by atoms with E-state index in [0.717, 1.165) is 47.6 Å². The highest BCUT2D eigenvalue weighted by Gasteiger charge is 2.18. The van der Waals surface area contributed by atoms with E-state index < -0.39 is 0 Å². The third-order valence-electron chi connectivity index (χ3n) is 4.36. The van der Waals surface area contributed by atoms with Crippen LogP contribution in [0, 0.1) is 0 Å². The molecule has 4 rings (SSSR count). The molecule has 0 aliphatic carbocycles. The molecule has 1 aliphatic rings. The van der Waals surface area contributed by atoms with Gasteiger partial charge in [0, 0.05) is 17.7 Å². The Morgan fingerprint density at radius 2 is 1.82 bits per heavy atom. The number of likely N-dealkylation sites (tertiary alicyclic amines) is 1. The summed E-state index contributed by atoms with van der Waals surface area (Å²) >= 11 is 0. The number of H-pyrrole nitrogens is 1. The molecule has 0 radical (unpaired) electrons. The molecule has 22 heavy (non-hydrogen) atoms. The van der Waals surface area contributed by atoms with Crippen molar-refractivity contribution in [3.05, 3.63) is 48.0 Å². The van der Waals surface area contributed by atoms with Gasteiger partial charge in [0.2, 0.25) is 0 Å². The van der Waals surface area contributed by atoms with Crippen LogP contribution in [0.3, 0.4) is 0 Å². The Kier molecular flexibility index (Phi) is 3.31. The van der Waals surface area contributed by atoms with Crippen molar-refractivity contribution in [2.45, 2.75) is 19.4 Å². The maximum Gasteiger partial charge on any atom is 0.138 e. The number of benzene rings is 2. The number of nitrogens with one attached hydrogen (secondary N) is 1. The van der Waals surface area contributed by atoms with Crippen molar-refractivity contribution in [1.82, 2.24) is 14.9 Å². The molecule has 1 fully saturated rings. The zero-order chi connectivity index (χ0) is 14.9. The van der Waals surface area contributed by atoms with Gasteiger partial charge in [0.1, 0.15) is 11.6 Å². The summed E-state index contributed by atoms with van der Waals surface area (Å²) in [6.07, 6.45) is 2.49. The van der Waals surface area contributed by atoms with Gasteiger partial charge < -0.3 is 10.1 Å². The fraction of sp³-hybridized carbons (Fsp3) is 0.278. The van der Waals surface area contributed by atoms with E-state index in [1.807, 2.05) is 36.4 Å². The molecule has 0 bridgehead atoms. The van der Waals surface area contributed by atoms with E-state index in [4.69, 9.17) is 4.98 Å². The molecule has 1 aliphatic heterocycles. The predicted molar refractivity (Wildman–Crippen MR) is 87.7 cm³/mol. The van der Waals surface area contributed by atoms with E-state index in [9.17, 15) is 5.11 Å². The molecule has 2 N–H and O–H groups in total. The molecule has 0 spiro atoms. The van der Waals surface area contributed by atoms with Crippen molar-refractivity contribution in [2.24, 2.45) is 0 Å². The first-order valence-corrected chi connectivity index (χ1v) is 7.79. The van der Waals surface area contributed by atoms with Crippen LogP contribution < -0.4 is 0 Å². The quantitative estimate of drug-likeness (QED) is 0.776. The van der Waals surface area contributed by atoms with Crippen LogP contribution in [-0.4, -0.2) is 33.1 Å². The summed E-state index contributed by atoms with van der Waals surface area (Å²) in [5, 5.41) is 10.3. The SMILES string of the molecule is Oc1ccc2[nH]c(-c3ccccc3)nc2c1CN1CCCC1. The summed E-state index contributed by atoms with van der Waals surface area (Å²) in [4.78, 5) is 10.5. The van der Waals surface area contributed by atoms with Gasteiger partial charge in [-0.05, 0) is 38.1 Å². The van der Waals surface area contributed by atoms with Crippen molar-refractivity contribution in [1.29, 1.82) is 0 Å². The second-order valence-corrected chi connectivity index (χ2v) is 5.89. The number of rotatable bonds is 3. The zero-order valence-electron chi connectivity index (χ0n) is 12.4. The Balaban J connectivity index is 1.78. The molecule has 0 saturated carbocycles. The molecule has 0 atom stereocenters. The average molecular weight is 293 g/mol. The van der Waals surface area contributed by atoms with Crippen LogP contribution in [0.5, 0.6) is 5.75 Å². The molecule has 1 aromatic heterocycles. The van der Waals surface area contributed by atoms with Crippen LogP contribution in [0.4, 0.5) is 0 Å². The molecule has 4 heteroatoms. The van der Waals surface area contributed by atoms with Crippen molar-refractivity contribution in [3.8, 4) is 17.1 Å². The number of phenolic OH excluding ortho intramolecular Hbond substituents is 1. The molecule has 0 amide bonds. The van der Waals surface area contributed by atoms with Crippen LogP contribution in [0.1, 0.15) is 18.4 Å².